The molecule has 2 aliphatic heterocycles. The number of hydrogen-bond donors (Lipinski definition) is 3. The minimum atomic E-state index is -3.63. The van der Waals surface area contributed by atoms with E-state index in [0.29, 0.717) is 6.54 Å². The van der Waals surface area contributed by atoms with Crippen molar-refractivity contribution in [2.24, 2.45) is 0 Å². The van der Waals surface area contributed by atoms with Gasteiger partial charge in [0.1, 0.15) is 0 Å². The SMILES string of the molecule is O=S(=O)(NCc1ccc(C2O[C@H](CN3CCC[C@H]3CO)[C@@H](c3ccccc3)[C@H](c3ccc(CO)cc3)O2)cc1)c1ccccc1. The van der Waals surface area contributed by atoms with E-state index in [9.17, 15) is 18.6 Å². The highest BCUT2D eigenvalue weighted by Crippen LogP contribution is 2.47. The normalized spacial score (nSPS) is 24.1. The molecular formula is C36H40N2O6S. The number of aliphatic hydroxyl groups excluding tert-OH is 2. The predicted molar refractivity (Wildman–Crippen MR) is 172 cm³/mol. The van der Waals surface area contributed by atoms with E-state index in [4.69, 9.17) is 9.47 Å². The molecule has 45 heavy (non-hydrogen) atoms. The molecule has 4 aromatic carbocycles. The van der Waals surface area contributed by atoms with E-state index in [0.717, 1.165) is 47.2 Å². The van der Waals surface area contributed by atoms with Gasteiger partial charge in [-0.2, -0.15) is 0 Å². The second-order valence-electron chi connectivity index (χ2n) is 11.8. The fraction of sp³-hybridized carbons (Fsp3) is 0.333. The number of ether oxygens (including phenoxy) is 2. The molecule has 0 aromatic heterocycles. The maximum Gasteiger partial charge on any atom is 0.240 e. The first-order chi connectivity index (χ1) is 21.9. The van der Waals surface area contributed by atoms with Gasteiger partial charge in [-0.05, 0) is 53.8 Å². The van der Waals surface area contributed by atoms with Gasteiger partial charge in [-0.3, -0.25) is 4.90 Å². The summed E-state index contributed by atoms with van der Waals surface area (Å²) in [7, 11) is -3.63. The van der Waals surface area contributed by atoms with Gasteiger partial charge < -0.3 is 19.7 Å². The molecule has 2 aliphatic rings. The molecule has 4 aromatic rings. The van der Waals surface area contributed by atoms with E-state index in [2.05, 4.69) is 21.8 Å². The highest BCUT2D eigenvalue weighted by molar-refractivity contribution is 7.89. The quantitative estimate of drug-likeness (QED) is 0.213. The molecule has 0 radical (unpaired) electrons. The minimum Gasteiger partial charge on any atom is -0.395 e. The highest BCUT2D eigenvalue weighted by atomic mass is 32.2. The zero-order valence-corrected chi connectivity index (χ0v) is 25.9. The first-order valence-corrected chi connectivity index (χ1v) is 17.0. The molecule has 2 heterocycles. The monoisotopic (exact) mass is 628 g/mol. The first-order valence-electron chi connectivity index (χ1n) is 15.5. The average Bonchev–Trinajstić information content (AvgIpc) is 3.55. The van der Waals surface area contributed by atoms with Crippen LogP contribution in [0.3, 0.4) is 0 Å². The highest BCUT2D eigenvalue weighted by Gasteiger charge is 2.43. The molecule has 0 saturated carbocycles. The smallest absolute Gasteiger partial charge is 0.240 e. The Morgan fingerprint density at radius 2 is 1.40 bits per heavy atom. The van der Waals surface area contributed by atoms with Crippen molar-refractivity contribution >= 4 is 10.0 Å². The van der Waals surface area contributed by atoms with Crippen molar-refractivity contribution < 1.29 is 28.1 Å². The van der Waals surface area contributed by atoms with Gasteiger partial charge in [0.05, 0.1) is 30.3 Å². The lowest BCUT2D eigenvalue weighted by molar-refractivity contribution is -0.264. The van der Waals surface area contributed by atoms with Gasteiger partial charge in [0, 0.05) is 30.6 Å². The number of nitrogens with one attached hydrogen (secondary N) is 1. The zero-order valence-electron chi connectivity index (χ0n) is 25.1. The van der Waals surface area contributed by atoms with Crippen LogP contribution in [0.15, 0.2) is 114 Å². The van der Waals surface area contributed by atoms with Gasteiger partial charge in [0.2, 0.25) is 10.0 Å². The second-order valence-corrected chi connectivity index (χ2v) is 13.5. The minimum absolute atomic E-state index is 0.0341. The molecule has 8 nitrogen and oxygen atoms in total. The van der Waals surface area contributed by atoms with E-state index in [1.807, 2.05) is 66.7 Å². The fourth-order valence-corrected chi connectivity index (χ4v) is 7.43. The molecule has 1 unspecified atom stereocenters. The molecular weight excluding hydrogens is 588 g/mol. The Bertz CT molecular complexity index is 1620. The van der Waals surface area contributed by atoms with Gasteiger partial charge in [-0.25, -0.2) is 13.1 Å². The lowest BCUT2D eigenvalue weighted by atomic mass is 9.83. The van der Waals surface area contributed by atoms with E-state index < -0.39 is 16.3 Å². The Kier molecular flexibility index (Phi) is 10.1. The van der Waals surface area contributed by atoms with Crippen molar-refractivity contribution in [3.8, 4) is 0 Å². The van der Waals surface area contributed by atoms with Gasteiger partial charge in [0.15, 0.2) is 6.29 Å². The van der Waals surface area contributed by atoms with Crippen molar-refractivity contribution in [2.75, 3.05) is 19.7 Å². The largest absolute Gasteiger partial charge is 0.395 e. The summed E-state index contributed by atoms with van der Waals surface area (Å²) < 4.78 is 41.7. The van der Waals surface area contributed by atoms with Gasteiger partial charge in [-0.1, -0.05) is 97.1 Å². The predicted octanol–water partition coefficient (Wildman–Crippen LogP) is 5.05. The number of sulfonamides is 1. The lowest BCUT2D eigenvalue weighted by Crippen LogP contribution is -2.46. The summed E-state index contributed by atoms with van der Waals surface area (Å²) in [5, 5.41) is 19.7. The molecule has 0 aliphatic carbocycles. The molecule has 2 fully saturated rings. The van der Waals surface area contributed by atoms with Gasteiger partial charge >= 0.3 is 0 Å². The first kappa shape index (κ1) is 31.6. The summed E-state index contributed by atoms with van der Waals surface area (Å²) >= 11 is 0. The topological polar surface area (TPSA) is 108 Å². The molecule has 0 amide bonds. The maximum absolute atomic E-state index is 12.7. The Hall–Kier alpha value is -3.41. The van der Waals surface area contributed by atoms with Crippen molar-refractivity contribution in [1.29, 1.82) is 0 Å². The number of likely N-dealkylation sites (tertiary alicyclic amines) is 1. The Balaban J connectivity index is 1.28. The van der Waals surface area contributed by atoms with E-state index in [1.54, 1.807) is 30.3 Å². The van der Waals surface area contributed by atoms with Crippen molar-refractivity contribution in [1.82, 2.24) is 9.62 Å². The average molecular weight is 629 g/mol. The molecule has 5 atom stereocenters. The summed E-state index contributed by atoms with van der Waals surface area (Å²) in [6, 6.07) is 34.2. The summed E-state index contributed by atoms with van der Waals surface area (Å²) in [4.78, 5) is 2.56. The van der Waals surface area contributed by atoms with Crippen molar-refractivity contribution in [2.45, 2.75) is 61.3 Å². The molecule has 0 bridgehead atoms. The summed E-state index contributed by atoms with van der Waals surface area (Å²) in [5.74, 6) is -0.117. The molecule has 9 heteroatoms. The second kappa shape index (κ2) is 14.3. The third-order valence-electron chi connectivity index (χ3n) is 8.87. The Morgan fingerprint density at radius 3 is 2.07 bits per heavy atom. The fourth-order valence-electron chi connectivity index (χ4n) is 6.39. The lowest BCUT2D eigenvalue weighted by Gasteiger charge is -2.44. The van der Waals surface area contributed by atoms with E-state index in [1.165, 1.54) is 0 Å². The summed E-state index contributed by atoms with van der Waals surface area (Å²) in [6.45, 7) is 1.79. The summed E-state index contributed by atoms with van der Waals surface area (Å²) in [6.07, 6.45) is 0.758. The molecule has 3 N–H and O–H groups in total. The van der Waals surface area contributed by atoms with Gasteiger partial charge in [0.25, 0.3) is 0 Å². The number of hydrogen-bond acceptors (Lipinski definition) is 7. The van der Waals surface area contributed by atoms with Crippen LogP contribution in [0.1, 0.15) is 59.0 Å². The molecule has 6 rings (SSSR count). The number of aliphatic hydroxyl groups is 2. The zero-order chi connectivity index (χ0) is 31.2. The van der Waals surface area contributed by atoms with Crippen LogP contribution in [-0.2, 0) is 32.6 Å². The Labute approximate surface area is 265 Å². The van der Waals surface area contributed by atoms with Crippen molar-refractivity contribution in [3.63, 3.8) is 0 Å². The molecule has 2 saturated heterocycles. The summed E-state index contributed by atoms with van der Waals surface area (Å²) in [5.41, 5.74) is 4.57. The van der Waals surface area contributed by atoms with E-state index >= 15 is 0 Å². The third-order valence-corrected chi connectivity index (χ3v) is 10.3. The van der Waals surface area contributed by atoms with Crippen LogP contribution in [-0.4, -0.2) is 55.4 Å². The van der Waals surface area contributed by atoms with Crippen molar-refractivity contribution in [3.05, 3.63) is 137 Å². The van der Waals surface area contributed by atoms with Crippen LogP contribution < -0.4 is 4.72 Å². The molecule has 0 spiro atoms. The van der Waals surface area contributed by atoms with Crippen LogP contribution in [0.25, 0.3) is 0 Å². The Morgan fingerprint density at radius 1 is 0.756 bits per heavy atom. The number of benzene rings is 4. The van der Waals surface area contributed by atoms with Crippen LogP contribution in [0.5, 0.6) is 0 Å². The van der Waals surface area contributed by atoms with Crippen LogP contribution in [0.2, 0.25) is 0 Å². The third kappa shape index (κ3) is 7.37. The van der Waals surface area contributed by atoms with Crippen LogP contribution in [0, 0.1) is 0 Å². The number of rotatable bonds is 11. The maximum atomic E-state index is 12.7. The van der Waals surface area contributed by atoms with Crippen LogP contribution >= 0.6 is 0 Å². The van der Waals surface area contributed by atoms with Crippen LogP contribution in [0.4, 0.5) is 0 Å². The van der Waals surface area contributed by atoms with E-state index in [-0.39, 0.29) is 48.8 Å². The number of nitrogens with zero attached hydrogens (tertiary/aromatic N) is 1. The van der Waals surface area contributed by atoms with Gasteiger partial charge in [-0.15, -0.1) is 0 Å². The standard InChI is InChI=1S/C36H40N2O6S/c39-24-27-15-17-29(18-16-27)35-34(28-8-3-1-4-9-28)33(23-38-21-7-10-31(38)25-40)43-36(44-35)30-19-13-26(14-20-30)22-37-45(41,42)32-11-5-2-6-12-32/h1-6,8-9,11-20,31,33-37,39-40H,7,10,21-25H2/t31-,33+,34+,35-,36?/m0/s1. The molecule has 236 valence electrons.